The number of amides is 2. The van der Waals surface area contributed by atoms with Crippen LogP contribution in [0, 0.1) is 5.92 Å². The van der Waals surface area contributed by atoms with E-state index in [0.717, 1.165) is 10.5 Å². The summed E-state index contributed by atoms with van der Waals surface area (Å²) in [5, 5.41) is 0. The van der Waals surface area contributed by atoms with Crippen molar-refractivity contribution in [2.24, 2.45) is 5.92 Å². The summed E-state index contributed by atoms with van der Waals surface area (Å²) >= 11 is 0. The summed E-state index contributed by atoms with van der Waals surface area (Å²) in [6.45, 7) is 0.690. The number of carbonyl (C=O) groups excluding carboxylic acids is 2. The van der Waals surface area contributed by atoms with Crippen molar-refractivity contribution in [1.82, 2.24) is 9.21 Å². The van der Waals surface area contributed by atoms with Crippen LogP contribution in [0.15, 0.2) is 30.3 Å². The first kappa shape index (κ1) is 15.9. The van der Waals surface area contributed by atoms with Gasteiger partial charge >= 0.3 is 6.09 Å². The molecule has 0 radical (unpaired) electrons. The standard InChI is InChI=1S/C15H18N2O5S/c18-14-11-22-15(19)17(14)10-13-8-16(9-13)23(20,21)7-6-12-4-2-1-3-5-12/h1-5,13H,6-11H2. The zero-order valence-electron chi connectivity index (χ0n) is 12.6. The van der Waals surface area contributed by atoms with Crippen molar-refractivity contribution in [2.45, 2.75) is 6.42 Å². The lowest BCUT2D eigenvalue weighted by Crippen LogP contribution is -2.55. The molecule has 1 aromatic carbocycles. The predicted molar refractivity (Wildman–Crippen MR) is 82.1 cm³/mol. The molecule has 2 aliphatic rings. The highest BCUT2D eigenvalue weighted by Gasteiger charge is 2.40. The number of cyclic esters (lactones) is 1. The van der Waals surface area contributed by atoms with Crippen molar-refractivity contribution in [3.8, 4) is 0 Å². The number of ether oxygens (including phenoxy) is 1. The van der Waals surface area contributed by atoms with E-state index < -0.39 is 16.1 Å². The van der Waals surface area contributed by atoms with Gasteiger partial charge in [-0.1, -0.05) is 30.3 Å². The highest BCUT2D eigenvalue weighted by Crippen LogP contribution is 2.23. The van der Waals surface area contributed by atoms with Crippen molar-refractivity contribution in [3.63, 3.8) is 0 Å². The summed E-state index contributed by atoms with van der Waals surface area (Å²) < 4.78 is 30.5. The molecule has 0 unspecified atom stereocenters. The normalized spacial score (nSPS) is 19.7. The third kappa shape index (κ3) is 3.53. The Hall–Kier alpha value is -1.93. The molecule has 8 heteroatoms. The minimum Gasteiger partial charge on any atom is -0.439 e. The number of sulfonamides is 1. The molecule has 0 aromatic heterocycles. The zero-order chi connectivity index (χ0) is 16.4. The molecule has 0 atom stereocenters. The Balaban J connectivity index is 1.48. The van der Waals surface area contributed by atoms with Crippen LogP contribution >= 0.6 is 0 Å². The molecule has 2 fully saturated rings. The number of hydrogen-bond donors (Lipinski definition) is 0. The molecule has 2 saturated heterocycles. The molecule has 1 aromatic rings. The van der Waals surface area contributed by atoms with E-state index in [0.29, 0.717) is 19.5 Å². The first-order valence-electron chi connectivity index (χ1n) is 7.44. The smallest absolute Gasteiger partial charge is 0.417 e. The molecular formula is C15H18N2O5S. The van der Waals surface area contributed by atoms with Gasteiger partial charge in [-0.2, -0.15) is 0 Å². The predicted octanol–water partition coefficient (Wildman–Crippen LogP) is 0.470. The van der Waals surface area contributed by atoms with E-state index in [9.17, 15) is 18.0 Å². The van der Waals surface area contributed by atoms with Crippen molar-refractivity contribution in [2.75, 3.05) is 32.0 Å². The molecule has 7 nitrogen and oxygen atoms in total. The fourth-order valence-corrected chi connectivity index (χ4v) is 4.33. The minimum absolute atomic E-state index is 0.0175. The van der Waals surface area contributed by atoms with Gasteiger partial charge in [-0.05, 0) is 12.0 Å². The summed E-state index contributed by atoms with van der Waals surface area (Å²) in [6.07, 6.45) is -0.165. The van der Waals surface area contributed by atoms with Crippen LogP contribution in [0.25, 0.3) is 0 Å². The first-order chi connectivity index (χ1) is 11.0. The number of rotatable bonds is 6. The number of nitrogens with zero attached hydrogens (tertiary/aromatic N) is 2. The Morgan fingerprint density at radius 3 is 2.43 bits per heavy atom. The molecule has 0 bridgehead atoms. The summed E-state index contributed by atoms with van der Waals surface area (Å²) in [5.41, 5.74) is 0.985. The van der Waals surface area contributed by atoms with Crippen molar-refractivity contribution in [1.29, 1.82) is 0 Å². The number of benzene rings is 1. The highest BCUT2D eigenvalue weighted by molar-refractivity contribution is 7.89. The van der Waals surface area contributed by atoms with Crippen LogP contribution in [0.1, 0.15) is 5.56 Å². The van der Waals surface area contributed by atoms with Crippen molar-refractivity contribution in [3.05, 3.63) is 35.9 Å². The molecular weight excluding hydrogens is 320 g/mol. The van der Waals surface area contributed by atoms with Crippen LogP contribution < -0.4 is 0 Å². The molecule has 0 N–H and O–H groups in total. The zero-order valence-corrected chi connectivity index (χ0v) is 13.4. The Morgan fingerprint density at radius 2 is 1.83 bits per heavy atom. The van der Waals surface area contributed by atoms with Gasteiger partial charge in [0, 0.05) is 25.6 Å². The number of imide groups is 1. The van der Waals surface area contributed by atoms with Gasteiger partial charge in [-0.3, -0.25) is 4.79 Å². The second-order valence-corrected chi connectivity index (χ2v) is 7.88. The Kier molecular flexibility index (Phi) is 4.36. The van der Waals surface area contributed by atoms with Gasteiger partial charge < -0.3 is 4.74 Å². The van der Waals surface area contributed by atoms with E-state index in [1.807, 2.05) is 30.3 Å². The summed E-state index contributed by atoms with van der Waals surface area (Å²) in [5.74, 6) is -0.314. The van der Waals surface area contributed by atoms with Crippen LogP contribution in [0.5, 0.6) is 0 Å². The number of carbonyl (C=O) groups is 2. The largest absolute Gasteiger partial charge is 0.439 e. The van der Waals surface area contributed by atoms with Crippen LogP contribution in [0.2, 0.25) is 0 Å². The Morgan fingerprint density at radius 1 is 1.13 bits per heavy atom. The lowest BCUT2D eigenvalue weighted by Gasteiger charge is -2.39. The van der Waals surface area contributed by atoms with E-state index in [1.165, 1.54) is 4.31 Å². The van der Waals surface area contributed by atoms with E-state index in [1.54, 1.807) is 0 Å². The van der Waals surface area contributed by atoms with Gasteiger partial charge in [0.25, 0.3) is 5.91 Å². The molecule has 0 aliphatic carbocycles. The van der Waals surface area contributed by atoms with Crippen molar-refractivity contribution < 1.29 is 22.7 Å². The summed E-state index contributed by atoms with van der Waals surface area (Å²) in [4.78, 5) is 23.8. The van der Waals surface area contributed by atoms with E-state index in [4.69, 9.17) is 0 Å². The van der Waals surface area contributed by atoms with Crippen molar-refractivity contribution >= 4 is 22.0 Å². The third-order valence-corrected chi connectivity index (χ3v) is 5.89. The molecule has 2 heterocycles. The van der Waals surface area contributed by atoms with E-state index in [-0.39, 0.29) is 30.7 Å². The topological polar surface area (TPSA) is 84.0 Å². The maximum absolute atomic E-state index is 12.3. The van der Waals surface area contributed by atoms with E-state index >= 15 is 0 Å². The number of aryl methyl sites for hydroxylation is 1. The minimum atomic E-state index is -3.30. The Labute approximate surface area is 134 Å². The molecule has 0 spiro atoms. The molecule has 23 heavy (non-hydrogen) atoms. The quantitative estimate of drug-likeness (QED) is 0.753. The average molecular weight is 338 g/mol. The molecule has 2 amide bonds. The molecule has 0 saturated carbocycles. The van der Waals surface area contributed by atoms with Crippen LogP contribution in [-0.4, -0.2) is 61.6 Å². The Bertz CT molecular complexity index is 682. The monoisotopic (exact) mass is 338 g/mol. The second kappa shape index (κ2) is 6.29. The fraction of sp³-hybridized carbons (Fsp3) is 0.467. The third-order valence-electron chi connectivity index (χ3n) is 4.09. The van der Waals surface area contributed by atoms with Gasteiger partial charge in [0.2, 0.25) is 10.0 Å². The van der Waals surface area contributed by atoms with Gasteiger partial charge in [0.05, 0.1) is 5.75 Å². The second-order valence-electron chi connectivity index (χ2n) is 5.79. The summed E-state index contributed by atoms with van der Waals surface area (Å²) in [6, 6.07) is 9.46. The van der Waals surface area contributed by atoms with Gasteiger partial charge in [0.1, 0.15) is 0 Å². The van der Waals surface area contributed by atoms with Gasteiger partial charge in [-0.15, -0.1) is 0 Å². The average Bonchev–Trinajstić information content (AvgIpc) is 2.80. The maximum atomic E-state index is 12.3. The lowest BCUT2D eigenvalue weighted by atomic mass is 10.0. The van der Waals surface area contributed by atoms with Gasteiger partial charge in [0.15, 0.2) is 6.61 Å². The first-order valence-corrected chi connectivity index (χ1v) is 9.05. The van der Waals surface area contributed by atoms with Crippen LogP contribution in [-0.2, 0) is 26.0 Å². The molecule has 3 rings (SSSR count). The van der Waals surface area contributed by atoms with Gasteiger partial charge in [-0.25, -0.2) is 22.4 Å². The lowest BCUT2D eigenvalue weighted by molar-refractivity contribution is -0.126. The number of hydrogen-bond acceptors (Lipinski definition) is 5. The maximum Gasteiger partial charge on any atom is 0.417 e. The van der Waals surface area contributed by atoms with E-state index in [2.05, 4.69) is 4.74 Å². The highest BCUT2D eigenvalue weighted by atomic mass is 32.2. The fourth-order valence-electron chi connectivity index (χ4n) is 2.70. The van der Waals surface area contributed by atoms with Crippen LogP contribution in [0.4, 0.5) is 4.79 Å². The SMILES string of the molecule is O=C1COC(=O)N1CC1CN(S(=O)(=O)CCc2ccccc2)C1. The van der Waals surface area contributed by atoms with Crippen LogP contribution in [0.3, 0.4) is 0 Å². The molecule has 2 aliphatic heterocycles. The summed E-state index contributed by atoms with van der Waals surface area (Å²) in [7, 11) is -3.30. The molecule has 124 valence electrons.